The third-order valence-electron chi connectivity index (χ3n) is 7.45. The number of primary amides is 1. The molecule has 0 saturated heterocycles. The average Bonchev–Trinajstić information content (AvgIpc) is 2.82. The van der Waals surface area contributed by atoms with Gasteiger partial charge in [-0.3, -0.25) is 33.2 Å². The maximum absolute atomic E-state index is 13.8. The number of fused-ring (bicyclic) bond motifs is 3. The number of ketones is 2. The Morgan fingerprint density at radius 3 is 2.14 bits per heavy atom. The lowest BCUT2D eigenvalue weighted by molar-refractivity contribution is -0.148. The summed E-state index contributed by atoms with van der Waals surface area (Å²) in [7, 11) is 1.76. The minimum atomic E-state index is -4.67. The van der Waals surface area contributed by atoms with Crippen molar-refractivity contribution < 1.29 is 57.1 Å². The van der Waals surface area contributed by atoms with E-state index in [4.69, 9.17) is 34.9 Å². The van der Waals surface area contributed by atoms with Crippen LogP contribution in [0.1, 0.15) is 22.3 Å². The summed E-state index contributed by atoms with van der Waals surface area (Å²) < 4.78 is 31.6. The highest BCUT2D eigenvalue weighted by Crippen LogP contribution is 2.55. The fourth-order valence-electron chi connectivity index (χ4n) is 5.99. The van der Waals surface area contributed by atoms with Gasteiger partial charge < -0.3 is 36.4 Å². The summed E-state index contributed by atoms with van der Waals surface area (Å²) in [6.07, 6.45) is 0.293. The van der Waals surface area contributed by atoms with Gasteiger partial charge in [-0.05, 0) is 38.4 Å². The number of nitrogens with zero attached hydrogens (tertiary/aromatic N) is 2. The standard InChI is InChI=1S/C24H27ClN4O8.H2O4S/c1-28(2)16-9-5-8-6-10-17(29(3)4)20(33)13(23(26)36)22(35)24(10,37)21(34)11(8)18(31)12(9)19(32)15(14(16)25)27-7-30;1-5(2,3)4/h7-8,10,17,32-34,37H,5-6H2,1-4H3,(H2,26,36)(H,27,30);(H2,1,2,3,4)/t8?,10?,17-,24-;/m0./s1. The number of anilines is 2. The number of nitrogens with one attached hydrogen (secondary N) is 1. The van der Waals surface area contributed by atoms with E-state index in [9.17, 15) is 39.6 Å². The van der Waals surface area contributed by atoms with Crippen LogP contribution in [0.15, 0.2) is 22.7 Å². The van der Waals surface area contributed by atoms with Crippen molar-refractivity contribution in [3.05, 3.63) is 38.8 Å². The average molecular weight is 633 g/mol. The van der Waals surface area contributed by atoms with Gasteiger partial charge in [-0.2, -0.15) is 8.42 Å². The van der Waals surface area contributed by atoms with E-state index in [2.05, 4.69) is 5.32 Å². The highest BCUT2D eigenvalue weighted by atomic mass is 35.5. The topological polar surface area (TPSA) is 268 Å². The number of allylic oxidation sites excluding steroid dienone is 1. The number of hydrogen-bond donors (Lipinski definition) is 8. The minimum absolute atomic E-state index is 0.00388. The van der Waals surface area contributed by atoms with Gasteiger partial charge in [0, 0.05) is 25.6 Å². The normalized spacial score (nSPS) is 25.2. The minimum Gasteiger partial charge on any atom is -0.510 e. The molecule has 42 heavy (non-hydrogen) atoms. The Hall–Kier alpha value is -3.74. The molecule has 1 aromatic carbocycles. The van der Waals surface area contributed by atoms with Gasteiger partial charge in [0.15, 0.2) is 17.1 Å². The third kappa shape index (κ3) is 5.18. The second kappa shape index (κ2) is 11.2. The SMILES string of the molecule is CN(C)c1c(Cl)c(NC=O)c(O)c2c1CC1CC3[C@H](N(C)C)C(O)=C(C(N)=O)C(=O)[C@@]3(O)C(O)=C1C2=O.O=S(=O)(O)O. The number of amides is 2. The van der Waals surface area contributed by atoms with Crippen LogP contribution in [0.3, 0.4) is 0 Å². The van der Waals surface area contributed by atoms with Crippen molar-refractivity contribution in [1.82, 2.24) is 4.90 Å². The first-order valence-corrected chi connectivity index (χ1v) is 13.8. The maximum atomic E-state index is 13.8. The number of aliphatic hydroxyl groups is 3. The van der Waals surface area contributed by atoms with Crippen LogP contribution in [0.5, 0.6) is 5.75 Å². The highest BCUT2D eigenvalue weighted by molar-refractivity contribution is 7.79. The number of phenols is 1. The van der Waals surface area contributed by atoms with E-state index in [1.54, 1.807) is 33.1 Å². The van der Waals surface area contributed by atoms with Crippen LogP contribution >= 0.6 is 11.6 Å². The van der Waals surface area contributed by atoms with E-state index >= 15 is 0 Å². The number of nitrogens with two attached hydrogens (primary N) is 1. The summed E-state index contributed by atoms with van der Waals surface area (Å²) in [6, 6.07) is -1.09. The van der Waals surface area contributed by atoms with Crippen molar-refractivity contribution in [2.24, 2.45) is 17.6 Å². The molecule has 0 bridgehead atoms. The Labute approximate surface area is 244 Å². The van der Waals surface area contributed by atoms with Crippen molar-refractivity contribution in [2.75, 3.05) is 38.4 Å². The molecule has 3 aliphatic rings. The van der Waals surface area contributed by atoms with E-state index in [0.717, 1.165) is 0 Å². The summed E-state index contributed by atoms with van der Waals surface area (Å²) in [5, 5.41) is 47.0. The molecule has 230 valence electrons. The summed E-state index contributed by atoms with van der Waals surface area (Å²) in [4.78, 5) is 53.4. The number of carbonyl (C=O) groups excluding carboxylic acids is 4. The maximum Gasteiger partial charge on any atom is 0.394 e. The van der Waals surface area contributed by atoms with Crippen LogP contribution in [0.2, 0.25) is 5.02 Å². The number of likely N-dealkylation sites (N-methyl/N-ethyl adjacent to an activating group) is 1. The molecule has 0 radical (unpaired) electrons. The first-order chi connectivity index (χ1) is 19.2. The molecule has 0 fully saturated rings. The zero-order chi connectivity index (χ0) is 32.2. The van der Waals surface area contributed by atoms with Crippen molar-refractivity contribution in [3.63, 3.8) is 0 Å². The molecule has 4 atom stereocenters. The van der Waals surface area contributed by atoms with Gasteiger partial charge in [-0.25, -0.2) is 0 Å². The molecule has 1 aromatic rings. The number of Topliss-reactive ketones (excluding diaryl/α,β-unsaturated/α-hetero) is 2. The second-order valence-electron chi connectivity index (χ2n) is 10.3. The van der Waals surface area contributed by atoms with Crippen LogP contribution in [-0.2, 0) is 31.2 Å². The molecule has 2 amide bonds. The van der Waals surface area contributed by atoms with Gasteiger partial charge in [0.2, 0.25) is 12.2 Å². The number of carbonyl (C=O) groups is 4. The predicted molar refractivity (Wildman–Crippen MR) is 147 cm³/mol. The van der Waals surface area contributed by atoms with E-state index in [-0.39, 0.29) is 41.1 Å². The predicted octanol–water partition coefficient (Wildman–Crippen LogP) is -0.244. The number of rotatable bonds is 5. The molecule has 0 heterocycles. The molecule has 18 heteroatoms. The quantitative estimate of drug-likeness (QED) is 0.0900. The van der Waals surface area contributed by atoms with E-state index < -0.39 is 74.2 Å². The van der Waals surface area contributed by atoms with Gasteiger partial charge in [0.1, 0.15) is 22.8 Å². The Balaban J connectivity index is 0.000000892. The van der Waals surface area contributed by atoms with Crippen molar-refractivity contribution in [1.29, 1.82) is 0 Å². The van der Waals surface area contributed by atoms with Crippen LogP contribution in [0.4, 0.5) is 11.4 Å². The van der Waals surface area contributed by atoms with E-state index in [1.807, 2.05) is 0 Å². The molecular weight excluding hydrogens is 604 g/mol. The van der Waals surface area contributed by atoms with Gasteiger partial charge in [-0.15, -0.1) is 0 Å². The first kappa shape index (κ1) is 32.8. The fourth-order valence-corrected chi connectivity index (χ4v) is 6.42. The molecular formula is C24H29ClN4O12S. The monoisotopic (exact) mass is 632 g/mol. The largest absolute Gasteiger partial charge is 0.510 e. The van der Waals surface area contributed by atoms with E-state index in [1.165, 1.54) is 4.90 Å². The molecule has 9 N–H and O–H groups in total. The van der Waals surface area contributed by atoms with Gasteiger partial charge >= 0.3 is 10.4 Å². The Kier molecular flexibility index (Phi) is 8.71. The molecule has 0 aliphatic heterocycles. The van der Waals surface area contributed by atoms with Crippen LogP contribution in [0.25, 0.3) is 0 Å². The van der Waals surface area contributed by atoms with Gasteiger partial charge in [0.25, 0.3) is 5.91 Å². The molecule has 0 aromatic heterocycles. The number of halogens is 1. The van der Waals surface area contributed by atoms with E-state index in [0.29, 0.717) is 11.3 Å². The summed E-state index contributed by atoms with van der Waals surface area (Å²) in [5.41, 5.74) is 1.64. The fraction of sp³-hybridized carbons (Fsp3) is 0.417. The van der Waals surface area contributed by atoms with Crippen LogP contribution in [0, 0.1) is 11.8 Å². The smallest absolute Gasteiger partial charge is 0.394 e. The lowest BCUT2D eigenvalue weighted by Gasteiger charge is -2.50. The molecule has 2 unspecified atom stereocenters. The Morgan fingerprint density at radius 1 is 1.14 bits per heavy atom. The molecule has 3 aliphatic carbocycles. The van der Waals surface area contributed by atoms with Crippen molar-refractivity contribution in [3.8, 4) is 5.75 Å². The third-order valence-corrected chi connectivity index (χ3v) is 7.82. The molecule has 4 rings (SSSR count). The molecule has 0 saturated carbocycles. The molecule has 16 nitrogen and oxygen atoms in total. The zero-order valence-corrected chi connectivity index (χ0v) is 24.2. The summed E-state index contributed by atoms with van der Waals surface area (Å²) in [6.45, 7) is 0. The second-order valence-corrected chi connectivity index (χ2v) is 11.6. The Bertz CT molecular complexity index is 1560. The zero-order valence-electron chi connectivity index (χ0n) is 22.6. The number of aliphatic hydroxyl groups excluding tert-OH is 2. The number of aromatic hydroxyl groups is 1. The van der Waals surface area contributed by atoms with Crippen LogP contribution < -0.4 is 16.0 Å². The van der Waals surface area contributed by atoms with Crippen molar-refractivity contribution in [2.45, 2.75) is 24.5 Å². The van der Waals surface area contributed by atoms with Crippen LogP contribution in [-0.4, -0.2) is 107 Å². The Morgan fingerprint density at radius 2 is 1.69 bits per heavy atom. The number of benzene rings is 1. The highest BCUT2D eigenvalue weighted by Gasteiger charge is 2.63. The number of phenolic OH excluding ortho intramolecular Hbond substituents is 1. The number of hydrogen-bond acceptors (Lipinski definition) is 12. The van der Waals surface area contributed by atoms with Crippen molar-refractivity contribution >= 4 is 57.3 Å². The lowest BCUT2D eigenvalue weighted by atomic mass is 9.58. The first-order valence-electron chi connectivity index (χ1n) is 12.0. The van der Waals surface area contributed by atoms with Gasteiger partial charge in [-0.1, -0.05) is 11.6 Å². The van der Waals surface area contributed by atoms with Gasteiger partial charge in [0.05, 0.1) is 22.3 Å². The molecule has 0 spiro atoms. The lowest BCUT2D eigenvalue weighted by Crippen LogP contribution is -2.63. The summed E-state index contributed by atoms with van der Waals surface area (Å²) in [5.74, 6) is -7.63. The summed E-state index contributed by atoms with van der Waals surface area (Å²) >= 11 is 6.49.